The van der Waals surface area contributed by atoms with E-state index in [1.54, 1.807) is 0 Å². The Labute approximate surface area is 206 Å². The first-order valence-electron chi connectivity index (χ1n) is 10.8. The van der Waals surface area contributed by atoms with Gasteiger partial charge in [-0.05, 0) is 35.9 Å². The van der Waals surface area contributed by atoms with Gasteiger partial charge in [-0.15, -0.1) is 0 Å². The Morgan fingerprint density at radius 3 is 2.35 bits per heavy atom. The molecule has 6 nitrogen and oxygen atoms in total. The SMILES string of the molecule is O=C(COCc1ccccc1)Nc1n[nH]c2ccc(OCc3ccc(C(F)(F)F)cc3C(F)(F)F)cc12. The van der Waals surface area contributed by atoms with E-state index in [0.29, 0.717) is 17.0 Å². The van der Waals surface area contributed by atoms with E-state index in [1.807, 2.05) is 30.3 Å². The second-order valence-electron chi connectivity index (χ2n) is 7.96. The molecule has 0 radical (unpaired) electrons. The van der Waals surface area contributed by atoms with Gasteiger partial charge in [0.2, 0.25) is 0 Å². The topological polar surface area (TPSA) is 76.2 Å². The van der Waals surface area contributed by atoms with E-state index in [2.05, 4.69) is 15.5 Å². The van der Waals surface area contributed by atoms with Crippen LogP contribution in [0.1, 0.15) is 22.3 Å². The molecule has 0 bridgehead atoms. The van der Waals surface area contributed by atoms with Gasteiger partial charge in [-0.2, -0.15) is 31.4 Å². The van der Waals surface area contributed by atoms with Gasteiger partial charge in [0, 0.05) is 10.9 Å². The summed E-state index contributed by atoms with van der Waals surface area (Å²) in [5.74, 6) is -0.202. The zero-order valence-corrected chi connectivity index (χ0v) is 18.9. The molecule has 194 valence electrons. The van der Waals surface area contributed by atoms with Crippen molar-refractivity contribution in [3.63, 3.8) is 0 Å². The molecule has 12 heteroatoms. The van der Waals surface area contributed by atoms with Crippen LogP contribution in [0.5, 0.6) is 5.75 Å². The van der Waals surface area contributed by atoms with E-state index < -0.39 is 41.6 Å². The fourth-order valence-electron chi connectivity index (χ4n) is 3.49. The van der Waals surface area contributed by atoms with Gasteiger partial charge >= 0.3 is 12.4 Å². The van der Waals surface area contributed by atoms with Crippen LogP contribution >= 0.6 is 0 Å². The highest BCUT2D eigenvalue weighted by Gasteiger charge is 2.38. The van der Waals surface area contributed by atoms with Crippen LogP contribution in [0.25, 0.3) is 10.9 Å². The van der Waals surface area contributed by atoms with Crippen molar-refractivity contribution < 1.29 is 40.6 Å². The van der Waals surface area contributed by atoms with Gasteiger partial charge in [0.25, 0.3) is 5.91 Å². The zero-order valence-electron chi connectivity index (χ0n) is 18.9. The maximum atomic E-state index is 13.4. The molecule has 0 unspecified atom stereocenters. The molecule has 2 N–H and O–H groups in total. The van der Waals surface area contributed by atoms with Crippen molar-refractivity contribution in [1.82, 2.24) is 10.2 Å². The molecular weight excluding hydrogens is 504 g/mol. The number of alkyl halides is 6. The van der Waals surface area contributed by atoms with E-state index >= 15 is 0 Å². The van der Waals surface area contributed by atoms with Crippen LogP contribution < -0.4 is 10.1 Å². The average Bonchev–Trinajstić information content (AvgIpc) is 3.24. The summed E-state index contributed by atoms with van der Waals surface area (Å²) in [7, 11) is 0. The van der Waals surface area contributed by atoms with Crippen molar-refractivity contribution >= 4 is 22.6 Å². The lowest BCUT2D eigenvalue weighted by molar-refractivity contribution is -0.143. The Bertz CT molecular complexity index is 1380. The molecule has 3 aromatic carbocycles. The maximum Gasteiger partial charge on any atom is 0.416 e. The summed E-state index contributed by atoms with van der Waals surface area (Å²) in [5.41, 5.74) is -1.90. The number of carbonyl (C=O) groups excluding carboxylic acids is 1. The second-order valence-corrected chi connectivity index (χ2v) is 7.96. The van der Waals surface area contributed by atoms with Crippen LogP contribution in [0.2, 0.25) is 0 Å². The first-order valence-corrected chi connectivity index (χ1v) is 10.8. The summed E-state index contributed by atoms with van der Waals surface area (Å²) in [6.45, 7) is -0.642. The van der Waals surface area contributed by atoms with Crippen molar-refractivity contribution in [3.8, 4) is 5.75 Å². The number of aromatic amines is 1. The third-order valence-electron chi connectivity index (χ3n) is 5.27. The predicted molar refractivity (Wildman–Crippen MR) is 122 cm³/mol. The molecular formula is C25H19F6N3O3. The normalized spacial score (nSPS) is 12.1. The van der Waals surface area contributed by atoms with Crippen LogP contribution in [0.3, 0.4) is 0 Å². The quantitative estimate of drug-likeness (QED) is 0.265. The maximum absolute atomic E-state index is 13.4. The molecule has 0 saturated heterocycles. The van der Waals surface area contributed by atoms with Crippen LogP contribution in [-0.2, 0) is 35.1 Å². The number of nitrogens with one attached hydrogen (secondary N) is 2. The Morgan fingerprint density at radius 2 is 1.65 bits per heavy atom. The lowest BCUT2D eigenvalue weighted by Gasteiger charge is -2.16. The molecule has 4 aromatic rings. The van der Waals surface area contributed by atoms with E-state index in [9.17, 15) is 31.1 Å². The molecule has 0 aliphatic carbocycles. The highest BCUT2D eigenvalue weighted by molar-refractivity contribution is 6.00. The van der Waals surface area contributed by atoms with E-state index in [0.717, 1.165) is 11.6 Å². The van der Waals surface area contributed by atoms with Gasteiger partial charge in [0.05, 0.1) is 23.3 Å². The standard InChI is InChI=1S/C25H19F6N3O3/c26-24(27,28)17-7-6-16(20(10-17)25(29,30)31)13-37-18-8-9-21-19(11-18)23(34-33-21)32-22(35)14-36-12-15-4-2-1-3-5-15/h1-11H,12-14H2,(H2,32,33,34,35). The number of hydrogen-bond donors (Lipinski definition) is 2. The minimum atomic E-state index is -5.01. The summed E-state index contributed by atoms with van der Waals surface area (Å²) in [4.78, 5) is 12.3. The number of aromatic nitrogens is 2. The van der Waals surface area contributed by atoms with Crippen molar-refractivity contribution in [3.05, 3.63) is 89.0 Å². The van der Waals surface area contributed by atoms with Crippen LogP contribution in [-0.4, -0.2) is 22.7 Å². The van der Waals surface area contributed by atoms with Crippen molar-refractivity contribution in [2.24, 2.45) is 0 Å². The number of benzene rings is 3. The molecule has 0 atom stereocenters. The monoisotopic (exact) mass is 523 g/mol. The molecule has 0 aliphatic rings. The minimum Gasteiger partial charge on any atom is -0.489 e. The van der Waals surface area contributed by atoms with Crippen LogP contribution in [0.4, 0.5) is 32.2 Å². The predicted octanol–water partition coefficient (Wildman–Crippen LogP) is 6.33. The Hall–Kier alpha value is -4.06. The number of nitrogens with zero attached hydrogens (tertiary/aromatic N) is 1. The number of halogens is 6. The van der Waals surface area contributed by atoms with Gasteiger partial charge in [-0.1, -0.05) is 36.4 Å². The Kier molecular flexibility index (Phi) is 7.39. The van der Waals surface area contributed by atoms with Crippen molar-refractivity contribution in [2.45, 2.75) is 25.6 Å². The Morgan fingerprint density at radius 1 is 0.892 bits per heavy atom. The molecule has 4 rings (SSSR count). The van der Waals surface area contributed by atoms with Crippen LogP contribution in [0, 0.1) is 0 Å². The van der Waals surface area contributed by atoms with Crippen molar-refractivity contribution in [1.29, 1.82) is 0 Å². The fraction of sp³-hybridized carbons (Fsp3) is 0.200. The number of fused-ring (bicyclic) bond motifs is 1. The van der Waals surface area contributed by atoms with Gasteiger partial charge in [0.1, 0.15) is 19.0 Å². The molecule has 1 aromatic heterocycles. The number of rotatable bonds is 8. The van der Waals surface area contributed by atoms with Gasteiger partial charge in [-0.3, -0.25) is 9.89 Å². The molecule has 0 aliphatic heterocycles. The highest BCUT2D eigenvalue weighted by Crippen LogP contribution is 2.38. The molecule has 37 heavy (non-hydrogen) atoms. The first kappa shape index (κ1) is 26.0. The molecule has 0 fully saturated rings. The molecule has 1 heterocycles. The number of amides is 1. The molecule has 0 saturated carbocycles. The average molecular weight is 523 g/mol. The van der Waals surface area contributed by atoms with Crippen LogP contribution in [0.15, 0.2) is 66.7 Å². The second kappa shape index (κ2) is 10.5. The van der Waals surface area contributed by atoms with Gasteiger partial charge < -0.3 is 14.8 Å². The Balaban J connectivity index is 1.44. The number of H-pyrrole nitrogens is 1. The highest BCUT2D eigenvalue weighted by atomic mass is 19.4. The fourth-order valence-corrected chi connectivity index (χ4v) is 3.49. The summed E-state index contributed by atoms with van der Waals surface area (Å²) in [6, 6.07) is 15.0. The summed E-state index contributed by atoms with van der Waals surface area (Å²) in [5, 5.41) is 9.72. The largest absolute Gasteiger partial charge is 0.489 e. The van der Waals surface area contributed by atoms with Gasteiger partial charge in [-0.25, -0.2) is 0 Å². The number of hydrogen-bond acceptors (Lipinski definition) is 4. The van der Waals surface area contributed by atoms with Crippen molar-refractivity contribution in [2.75, 3.05) is 11.9 Å². The third-order valence-corrected chi connectivity index (χ3v) is 5.27. The lowest BCUT2D eigenvalue weighted by atomic mass is 10.0. The first-order chi connectivity index (χ1) is 17.5. The molecule has 1 amide bonds. The van der Waals surface area contributed by atoms with E-state index in [-0.39, 0.29) is 30.8 Å². The third kappa shape index (κ3) is 6.58. The lowest BCUT2D eigenvalue weighted by Crippen LogP contribution is -2.18. The van der Waals surface area contributed by atoms with E-state index in [4.69, 9.17) is 9.47 Å². The zero-order chi connectivity index (χ0) is 26.6. The molecule has 0 spiro atoms. The number of carbonyl (C=O) groups is 1. The van der Waals surface area contributed by atoms with Gasteiger partial charge in [0.15, 0.2) is 5.82 Å². The minimum absolute atomic E-state index is 0.0610. The number of ether oxygens (including phenoxy) is 2. The summed E-state index contributed by atoms with van der Waals surface area (Å²) < 4.78 is 89.6. The summed E-state index contributed by atoms with van der Waals surface area (Å²) in [6.07, 6.45) is -9.92. The smallest absolute Gasteiger partial charge is 0.416 e. The number of anilines is 1. The summed E-state index contributed by atoms with van der Waals surface area (Å²) >= 11 is 0. The van der Waals surface area contributed by atoms with E-state index in [1.165, 1.54) is 18.2 Å².